The van der Waals surface area contributed by atoms with Crippen LogP contribution in [-0.4, -0.2) is 16.5 Å². The molecule has 0 aliphatic rings. The molecule has 1 unspecified atom stereocenters. The first-order valence-electron chi connectivity index (χ1n) is 7.05. The van der Waals surface area contributed by atoms with E-state index in [1.807, 2.05) is 0 Å². The summed E-state index contributed by atoms with van der Waals surface area (Å²) >= 11 is 5.63. The van der Waals surface area contributed by atoms with Crippen molar-refractivity contribution in [3.8, 4) is 0 Å². The molecule has 1 atom stereocenters. The van der Waals surface area contributed by atoms with Crippen LogP contribution >= 0.6 is 11.6 Å². The van der Waals surface area contributed by atoms with E-state index in [0.717, 1.165) is 12.8 Å². The van der Waals surface area contributed by atoms with E-state index in [0.29, 0.717) is 6.42 Å². The van der Waals surface area contributed by atoms with E-state index >= 15 is 0 Å². The van der Waals surface area contributed by atoms with E-state index in [9.17, 15) is 4.79 Å². The summed E-state index contributed by atoms with van der Waals surface area (Å²) in [5.74, 6) is -0.886. The monoisotopic (exact) mass is 286 g/mol. The van der Waals surface area contributed by atoms with Gasteiger partial charge in [0.1, 0.15) is 5.38 Å². The van der Waals surface area contributed by atoms with Crippen molar-refractivity contribution in [2.24, 2.45) is 0 Å². The minimum atomic E-state index is -0.886. The van der Waals surface area contributed by atoms with E-state index in [1.165, 1.54) is 51.4 Å². The summed E-state index contributed by atoms with van der Waals surface area (Å²) in [7, 11) is 0. The van der Waals surface area contributed by atoms with Crippen LogP contribution < -0.4 is 29.6 Å². The van der Waals surface area contributed by atoms with E-state index in [4.69, 9.17) is 16.7 Å². The third-order valence-corrected chi connectivity index (χ3v) is 3.48. The molecule has 0 aliphatic carbocycles. The van der Waals surface area contributed by atoms with Crippen molar-refractivity contribution in [2.75, 3.05) is 0 Å². The van der Waals surface area contributed by atoms with Crippen LogP contribution in [0.4, 0.5) is 0 Å². The average Bonchev–Trinajstić information content (AvgIpc) is 2.31. The second-order valence-electron chi connectivity index (χ2n) is 4.78. The maximum atomic E-state index is 10.5. The van der Waals surface area contributed by atoms with Crippen LogP contribution in [0.1, 0.15) is 79.0 Å². The van der Waals surface area contributed by atoms with Crippen molar-refractivity contribution in [3.63, 3.8) is 0 Å². The molecule has 0 heterocycles. The summed E-state index contributed by atoms with van der Waals surface area (Å²) in [5, 5.41) is 7.90. The molecule has 0 saturated carbocycles. The Labute approximate surface area is 141 Å². The number of hydrogen-bond acceptors (Lipinski definition) is 1. The van der Waals surface area contributed by atoms with Crippen molar-refractivity contribution < 1.29 is 40.9 Å². The summed E-state index contributed by atoms with van der Waals surface area (Å²) in [4.78, 5) is 10.5. The molecule has 0 saturated heterocycles. The van der Waals surface area contributed by atoms with E-state index in [-0.39, 0.29) is 31.0 Å². The molecule has 18 heavy (non-hydrogen) atoms. The Morgan fingerprint density at radius 1 is 1.00 bits per heavy atom. The number of carboxylic acid groups (broad SMARTS) is 1. The molecular weight excluding hydrogens is 259 g/mol. The minimum absolute atomic E-state index is 0. The molecule has 0 fully saturated rings. The van der Waals surface area contributed by atoms with Crippen molar-refractivity contribution >= 4 is 17.6 Å². The Kier molecular flexibility index (Phi) is 18.5. The van der Waals surface area contributed by atoms with Gasteiger partial charge in [-0.25, -0.2) is 0 Å². The summed E-state index contributed by atoms with van der Waals surface area (Å²) in [6, 6.07) is 0. The molecule has 0 amide bonds. The first-order chi connectivity index (χ1) is 8.18. The van der Waals surface area contributed by atoms with Crippen molar-refractivity contribution in [1.82, 2.24) is 0 Å². The van der Waals surface area contributed by atoms with Crippen LogP contribution in [-0.2, 0) is 4.79 Å². The van der Waals surface area contributed by atoms with Crippen LogP contribution in [0.2, 0.25) is 0 Å². The molecule has 0 aromatic carbocycles. The molecule has 2 nitrogen and oxygen atoms in total. The van der Waals surface area contributed by atoms with Crippen LogP contribution in [0, 0.1) is 0 Å². The van der Waals surface area contributed by atoms with Gasteiger partial charge in [-0.3, -0.25) is 4.79 Å². The number of hydrogen-bond donors (Lipinski definition) is 1. The summed E-state index contributed by atoms with van der Waals surface area (Å²) in [6.45, 7) is 2.24. The Bertz CT molecular complexity index is 194. The molecule has 104 valence electrons. The van der Waals surface area contributed by atoms with Crippen LogP contribution in [0.5, 0.6) is 0 Å². The van der Waals surface area contributed by atoms with Crippen LogP contribution in [0.25, 0.3) is 0 Å². The van der Waals surface area contributed by atoms with Crippen LogP contribution in [0.15, 0.2) is 0 Å². The van der Waals surface area contributed by atoms with Crippen molar-refractivity contribution in [1.29, 1.82) is 0 Å². The molecule has 1 N–H and O–H groups in total. The molecule has 0 aromatic rings. The predicted octanol–water partition coefficient (Wildman–Crippen LogP) is 2.11. The van der Waals surface area contributed by atoms with Gasteiger partial charge in [0.25, 0.3) is 0 Å². The fraction of sp³-hybridized carbons (Fsp3) is 0.929. The fourth-order valence-corrected chi connectivity index (χ4v) is 2.09. The first kappa shape index (κ1) is 21.1. The number of carboxylic acids is 1. The van der Waals surface area contributed by atoms with Gasteiger partial charge in [-0.05, 0) is 6.42 Å². The number of halogens is 1. The fourth-order valence-electron chi connectivity index (χ4n) is 1.93. The predicted molar refractivity (Wildman–Crippen MR) is 74.8 cm³/mol. The third kappa shape index (κ3) is 14.8. The van der Waals surface area contributed by atoms with Gasteiger partial charge in [-0.2, -0.15) is 0 Å². The quantitative estimate of drug-likeness (QED) is 0.339. The van der Waals surface area contributed by atoms with E-state index in [1.54, 1.807) is 0 Å². The van der Waals surface area contributed by atoms with E-state index < -0.39 is 11.3 Å². The average molecular weight is 287 g/mol. The number of carbonyl (C=O) groups is 1. The van der Waals surface area contributed by atoms with Crippen molar-refractivity contribution in [2.45, 2.75) is 82.9 Å². The molecule has 0 aromatic heterocycles. The largest absolute Gasteiger partial charge is 1.00 e. The third-order valence-electron chi connectivity index (χ3n) is 3.08. The van der Waals surface area contributed by atoms with Gasteiger partial charge in [0.05, 0.1) is 0 Å². The second-order valence-corrected chi connectivity index (χ2v) is 5.30. The van der Waals surface area contributed by atoms with Gasteiger partial charge < -0.3 is 6.53 Å². The molecule has 4 heteroatoms. The Morgan fingerprint density at radius 2 is 1.39 bits per heavy atom. The molecule has 0 aliphatic heterocycles. The van der Waals surface area contributed by atoms with Gasteiger partial charge in [0.2, 0.25) is 0 Å². The number of aliphatic carboxylic acids is 1. The zero-order chi connectivity index (χ0) is 12.9. The Hall–Kier alpha value is 0.760. The van der Waals surface area contributed by atoms with Gasteiger partial charge in [-0.15, -0.1) is 11.6 Å². The Balaban J connectivity index is -0.00000128. The first-order valence-corrected chi connectivity index (χ1v) is 7.49. The summed E-state index contributed by atoms with van der Waals surface area (Å²) in [6.07, 6.45) is 13.3. The van der Waals surface area contributed by atoms with Gasteiger partial charge >= 0.3 is 35.5 Å². The van der Waals surface area contributed by atoms with Gasteiger partial charge in [0.15, 0.2) is 0 Å². The topological polar surface area (TPSA) is 37.3 Å². The number of alkyl halides is 1. The standard InChI is InChI=1S/C14H27ClO2.Na.H/c1-2-3-4-5-6-7-8-9-10-11-12-13(15)14(16)17;;/h13H,2-12H2,1H3,(H,16,17);;/q;+1;-1. The summed E-state index contributed by atoms with van der Waals surface area (Å²) < 4.78 is 0. The van der Waals surface area contributed by atoms with E-state index in [2.05, 4.69) is 6.92 Å². The summed E-state index contributed by atoms with van der Waals surface area (Å²) in [5.41, 5.74) is 0. The second kappa shape index (κ2) is 15.8. The zero-order valence-electron chi connectivity index (χ0n) is 13.1. The molecule has 0 spiro atoms. The van der Waals surface area contributed by atoms with Crippen LogP contribution in [0.3, 0.4) is 0 Å². The Morgan fingerprint density at radius 3 is 1.78 bits per heavy atom. The zero-order valence-corrected chi connectivity index (χ0v) is 14.8. The molecule has 0 bridgehead atoms. The maximum Gasteiger partial charge on any atom is 1.00 e. The smallest absolute Gasteiger partial charge is 1.00 e. The van der Waals surface area contributed by atoms with Gasteiger partial charge in [-0.1, -0.05) is 71.1 Å². The SMILES string of the molecule is CCCCCCCCCCCCC(Cl)C(=O)O.[H-].[Na+]. The molecule has 0 radical (unpaired) electrons. The normalized spacial score (nSPS) is 11.9. The molecule has 0 rings (SSSR count). The van der Waals surface area contributed by atoms with Crippen molar-refractivity contribution in [3.05, 3.63) is 0 Å². The minimum Gasteiger partial charge on any atom is -1.00 e. The number of rotatable bonds is 12. The molecular formula is C14H28ClNaO2. The maximum absolute atomic E-state index is 10.5. The number of unbranched alkanes of at least 4 members (excludes halogenated alkanes) is 9. The van der Waals surface area contributed by atoms with Gasteiger partial charge in [0, 0.05) is 0 Å².